The van der Waals surface area contributed by atoms with Crippen LogP contribution in [0.5, 0.6) is 5.88 Å². The number of carbonyl (C=O) groups excluding carboxylic acids is 2. The van der Waals surface area contributed by atoms with Gasteiger partial charge in [-0.25, -0.2) is 9.97 Å². The molecule has 4 N–H and O–H groups in total. The van der Waals surface area contributed by atoms with Crippen LogP contribution in [0.2, 0.25) is 10.0 Å². The number of nitrogens with zero attached hydrogens (tertiary/aromatic N) is 4. The van der Waals surface area contributed by atoms with Crippen molar-refractivity contribution in [3.05, 3.63) is 98.6 Å². The minimum absolute atomic E-state index is 0.0556. The van der Waals surface area contributed by atoms with E-state index in [0.717, 1.165) is 18.4 Å². The van der Waals surface area contributed by atoms with E-state index in [4.69, 9.17) is 32.9 Å². The number of halogens is 2. The Morgan fingerprint density at radius 2 is 1.53 bits per heavy atom. The summed E-state index contributed by atoms with van der Waals surface area (Å²) in [7, 11) is 1.58. The van der Waals surface area contributed by atoms with Crippen LogP contribution in [0.15, 0.2) is 71.9 Å². The van der Waals surface area contributed by atoms with Crippen LogP contribution in [0.25, 0.3) is 39.3 Å². The van der Waals surface area contributed by atoms with Gasteiger partial charge in [-0.15, -0.1) is 0 Å². The number of fused-ring (bicyclic) bond motifs is 1. The lowest BCUT2D eigenvalue weighted by atomic mass is 9.99. The lowest BCUT2D eigenvalue weighted by Gasteiger charge is -2.15. The second-order valence-corrected chi connectivity index (χ2v) is 13.4. The molecule has 2 amide bonds. The molecule has 1 aromatic carbocycles. The lowest BCUT2D eigenvalue weighted by Crippen LogP contribution is -2.36. The molecule has 2 aliphatic rings. The number of nitrogens with one attached hydrogen (secondary N) is 4. The Balaban J connectivity index is 1.10. The van der Waals surface area contributed by atoms with Gasteiger partial charge in [-0.3, -0.25) is 23.8 Å². The van der Waals surface area contributed by atoms with Crippen molar-refractivity contribution in [1.29, 1.82) is 0 Å². The number of benzene rings is 1. The summed E-state index contributed by atoms with van der Waals surface area (Å²) in [6, 6.07) is 15.1. The minimum Gasteiger partial charge on any atom is -0.481 e. The Morgan fingerprint density at radius 3 is 2.22 bits per heavy atom. The molecule has 0 unspecified atom stereocenters. The molecule has 51 heavy (non-hydrogen) atoms. The molecule has 0 aliphatic carbocycles. The molecule has 2 saturated heterocycles. The van der Waals surface area contributed by atoms with Crippen LogP contribution < -0.4 is 31.6 Å². The fourth-order valence-corrected chi connectivity index (χ4v) is 7.17. The summed E-state index contributed by atoms with van der Waals surface area (Å²) < 4.78 is 7.13. The number of ether oxygens (including phenoxy) is 1. The van der Waals surface area contributed by atoms with Crippen molar-refractivity contribution in [2.45, 2.75) is 50.9 Å². The highest BCUT2D eigenvalue weighted by atomic mass is 35.5. The summed E-state index contributed by atoms with van der Waals surface area (Å²) in [5.41, 5.74) is 5.63. The molecule has 0 spiro atoms. The Morgan fingerprint density at radius 1 is 0.843 bits per heavy atom. The topological polar surface area (TPSA) is 152 Å². The molecule has 6 heterocycles. The van der Waals surface area contributed by atoms with Gasteiger partial charge in [-0.1, -0.05) is 47.5 Å². The monoisotopic (exact) mass is 726 g/mol. The highest BCUT2D eigenvalue weighted by Crippen LogP contribution is 2.41. The maximum absolute atomic E-state index is 13.2. The van der Waals surface area contributed by atoms with Crippen molar-refractivity contribution < 1.29 is 14.3 Å². The number of methoxy groups -OCH3 is 1. The molecule has 0 bridgehead atoms. The van der Waals surface area contributed by atoms with E-state index in [-0.39, 0.29) is 29.5 Å². The summed E-state index contributed by atoms with van der Waals surface area (Å²) in [4.78, 5) is 50.1. The van der Waals surface area contributed by atoms with E-state index in [2.05, 4.69) is 31.2 Å². The maximum atomic E-state index is 13.2. The molecule has 2 aliphatic heterocycles. The van der Waals surface area contributed by atoms with Crippen molar-refractivity contribution in [2.75, 3.05) is 20.2 Å². The van der Waals surface area contributed by atoms with Gasteiger partial charge in [0.2, 0.25) is 17.7 Å². The third-order valence-electron chi connectivity index (χ3n) is 9.22. The number of rotatable bonds is 12. The third-order valence-corrected chi connectivity index (χ3v) is 10.0. The van der Waals surface area contributed by atoms with Gasteiger partial charge in [0.25, 0.3) is 5.56 Å². The van der Waals surface area contributed by atoms with Crippen LogP contribution in [-0.2, 0) is 22.7 Å². The standard InChI is InChI=1S/C37H36Cl2N8O4/c1-51-36-22(16-40-19-24-6-9-31(48)44-24)5-8-29(46-36)28-4-2-3-26(33(28)38)27-11-13-42-35(34(27)39)21-12-14-47-30(15-21)43-18-23(37(47)50)17-41-20-25-7-10-32(49)45-25/h2-5,8,11-15,18,24-25,40-41H,6-7,9-10,16-17,19-20H2,1H3,(H,44,48)(H,45,49)/t24-,25+/m0/s1. The molecule has 0 radical (unpaired) electrons. The number of pyridine rings is 3. The van der Waals surface area contributed by atoms with Crippen molar-refractivity contribution in [3.63, 3.8) is 0 Å². The maximum Gasteiger partial charge on any atom is 0.262 e. The van der Waals surface area contributed by atoms with Crippen LogP contribution in [0, 0.1) is 0 Å². The smallest absolute Gasteiger partial charge is 0.262 e. The molecule has 2 atom stereocenters. The number of hydrogen-bond donors (Lipinski definition) is 4. The summed E-state index contributed by atoms with van der Waals surface area (Å²) in [5.74, 6) is 0.623. The zero-order chi connectivity index (χ0) is 35.5. The fourth-order valence-electron chi connectivity index (χ4n) is 6.53. The summed E-state index contributed by atoms with van der Waals surface area (Å²) in [6.07, 6.45) is 7.61. The molecule has 2 fully saturated rings. The van der Waals surface area contributed by atoms with Crippen LogP contribution in [-0.4, -0.2) is 63.4 Å². The first-order valence-corrected chi connectivity index (χ1v) is 17.5. The van der Waals surface area contributed by atoms with Gasteiger partial charge >= 0.3 is 0 Å². The van der Waals surface area contributed by atoms with Gasteiger partial charge in [0, 0.05) is 103 Å². The van der Waals surface area contributed by atoms with Gasteiger partial charge in [0.15, 0.2) is 0 Å². The number of aromatic nitrogens is 4. The van der Waals surface area contributed by atoms with Crippen molar-refractivity contribution in [3.8, 4) is 39.5 Å². The quantitative estimate of drug-likeness (QED) is 0.145. The highest BCUT2D eigenvalue weighted by molar-refractivity contribution is 6.39. The van der Waals surface area contributed by atoms with Gasteiger partial charge in [-0.2, -0.15) is 0 Å². The molecule has 0 saturated carbocycles. The van der Waals surface area contributed by atoms with E-state index in [1.165, 1.54) is 4.40 Å². The molecule has 262 valence electrons. The van der Waals surface area contributed by atoms with Crippen LogP contribution in [0.1, 0.15) is 36.8 Å². The van der Waals surface area contributed by atoms with E-state index < -0.39 is 0 Å². The molecule has 7 rings (SSSR count). The first-order valence-electron chi connectivity index (χ1n) is 16.8. The minimum atomic E-state index is -0.181. The fraction of sp³-hybridized carbons (Fsp3) is 0.297. The Kier molecular flexibility index (Phi) is 10.3. The second kappa shape index (κ2) is 15.2. The van der Waals surface area contributed by atoms with Crippen LogP contribution in [0.4, 0.5) is 0 Å². The Bertz CT molecular complexity index is 2190. The summed E-state index contributed by atoms with van der Waals surface area (Å²) in [6.45, 7) is 2.12. The zero-order valence-electron chi connectivity index (χ0n) is 27.8. The third kappa shape index (κ3) is 7.45. The Hall–Kier alpha value is -4.88. The lowest BCUT2D eigenvalue weighted by molar-refractivity contribution is -0.120. The van der Waals surface area contributed by atoms with Crippen molar-refractivity contribution >= 4 is 40.7 Å². The number of carbonyl (C=O) groups is 2. The van der Waals surface area contributed by atoms with E-state index in [9.17, 15) is 14.4 Å². The van der Waals surface area contributed by atoms with E-state index in [1.54, 1.807) is 37.8 Å². The van der Waals surface area contributed by atoms with Gasteiger partial charge < -0.3 is 26.0 Å². The predicted octanol–water partition coefficient (Wildman–Crippen LogP) is 4.54. The SMILES string of the molecule is COc1nc(-c2cccc(-c3ccnc(-c4ccn5c(=O)c(CNC[C@H]6CCC(=O)N6)cnc5c4)c3Cl)c2Cl)ccc1CNC[C@@H]1CCC(=O)N1. The molecule has 12 nitrogen and oxygen atoms in total. The van der Waals surface area contributed by atoms with Crippen molar-refractivity contribution in [1.82, 2.24) is 40.6 Å². The number of hydrogen-bond acceptors (Lipinski definition) is 9. The predicted molar refractivity (Wildman–Crippen MR) is 196 cm³/mol. The Labute approximate surface area is 304 Å². The van der Waals surface area contributed by atoms with Gasteiger partial charge in [0.05, 0.1) is 28.5 Å². The van der Waals surface area contributed by atoms with E-state index in [1.807, 2.05) is 36.4 Å². The molecule has 4 aromatic heterocycles. The van der Waals surface area contributed by atoms with Crippen LogP contribution >= 0.6 is 23.2 Å². The molecule has 5 aromatic rings. The second-order valence-electron chi connectivity index (χ2n) is 12.7. The van der Waals surface area contributed by atoms with E-state index >= 15 is 0 Å². The summed E-state index contributed by atoms with van der Waals surface area (Å²) in [5, 5.41) is 13.4. The summed E-state index contributed by atoms with van der Waals surface area (Å²) >= 11 is 14.1. The van der Waals surface area contributed by atoms with Gasteiger partial charge in [0.1, 0.15) is 5.65 Å². The largest absolute Gasteiger partial charge is 0.481 e. The first-order chi connectivity index (χ1) is 24.8. The van der Waals surface area contributed by atoms with Crippen LogP contribution in [0.3, 0.4) is 0 Å². The molecular formula is C37H36Cl2N8O4. The average molecular weight is 728 g/mol. The molecule has 14 heteroatoms. The van der Waals surface area contributed by atoms with Crippen molar-refractivity contribution in [2.24, 2.45) is 0 Å². The number of amides is 2. The highest BCUT2D eigenvalue weighted by Gasteiger charge is 2.22. The molecular weight excluding hydrogens is 691 g/mol. The normalized spacial score (nSPS) is 17.2. The average Bonchev–Trinajstić information content (AvgIpc) is 3.76. The van der Waals surface area contributed by atoms with Gasteiger partial charge in [-0.05, 0) is 37.1 Å². The zero-order valence-corrected chi connectivity index (χ0v) is 29.4. The van der Waals surface area contributed by atoms with E-state index in [0.29, 0.717) is 99.8 Å². The first kappa shape index (κ1) is 34.6.